The number of amides is 1. The SMILES string of the molecule is CC/C=C/C/C=C/C/C=C/C/C=C/C/C=C/CCC(=O)NC(COP(=O)([O-])OCC[N+](C)(C)C)C(/C=C\CCCCCCCCCCC)OC(=O)CCCCCCCCCCCCCCCCCCCCCCCCCCCCC. The van der Waals surface area contributed by atoms with Crippen LogP contribution in [0.25, 0.3) is 0 Å². The highest BCUT2D eigenvalue weighted by Gasteiger charge is 2.27. The van der Waals surface area contributed by atoms with E-state index in [1.165, 1.54) is 199 Å². The molecule has 0 rings (SSSR count). The van der Waals surface area contributed by atoms with Gasteiger partial charge >= 0.3 is 5.97 Å². The Kier molecular flexibility index (Phi) is 57.7. The lowest BCUT2D eigenvalue weighted by molar-refractivity contribution is -0.870. The summed E-state index contributed by atoms with van der Waals surface area (Å²) in [5.74, 6) is -0.630. The van der Waals surface area contributed by atoms with Crippen LogP contribution in [0, 0.1) is 0 Å². The van der Waals surface area contributed by atoms with Crippen molar-refractivity contribution < 1.29 is 37.3 Å². The van der Waals surface area contributed by atoms with Crippen LogP contribution in [0.2, 0.25) is 0 Å². The quantitative estimate of drug-likeness (QED) is 0.0212. The smallest absolute Gasteiger partial charge is 0.306 e. The molecule has 10 heteroatoms. The first-order valence-electron chi connectivity index (χ1n) is 33.7. The highest BCUT2D eigenvalue weighted by molar-refractivity contribution is 7.45. The molecule has 0 bridgehead atoms. The number of hydrogen-bond donors (Lipinski definition) is 1. The number of nitrogens with zero attached hydrogens (tertiary/aromatic N) is 1. The minimum atomic E-state index is -4.72. The number of quaternary nitrogens is 1. The molecule has 0 aromatic heterocycles. The minimum absolute atomic E-state index is 0.0364. The van der Waals surface area contributed by atoms with Crippen LogP contribution in [0.5, 0.6) is 0 Å². The average molecular weight is 1140 g/mol. The Bertz CT molecular complexity index is 1600. The number of phosphoric acid groups is 1. The maximum Gasteiger partial charge on any atom is 0.306 e. The molecule has 3 unspecified atom stereocenters. The highest BCUT2D eigenvalue weighted by atomic mass is 31.2. The van der Waals surface area contributed by atoms with Gasteiger partial charge in [-0.25, -0.2) is 0 Å². The molecule has 80 heavy (non-hydrogen) atoms. The second kappa shape index (κ2) is 59.6. The van der Waals surface area contributed by atoms with Crippen molar-refractivity contribution in [3.05, 3.63) is 72.9 Å². The summed E-state index contributed by atoms with van der Waals surface area (Å²) in [6.07, 6.45) is 77.8. The van der Waals surface area contributed by atoms with Crippen LogP contribution in [-0.4, -0.2) is 69.4 Å². The van der Waals surface area contributed by atoms with E-state index < -0.39 is 26.6 Å². The fraction of sp³-hybridized carbons (Fsp3) is 0.800. The molecule has 0 spiro atoms. The molecule has 0 aliphatic heterocycles. The van der Waals surface area contributed by atoms with Crippen molar-refractivity contribution in [3.8, 4) is 0 Å². The number of carbonyl (C=O) groups is 2. The third kappa shape index (κ3) is 60.1. The van der Waals surface area contributed by atoms with E-state index in [4.69, 9.17) is 13.8 Å². The number of carbonyl (C=O) groups excluding carboxylic acids is 2. The molecule has 0 heterocycles. The van der Waals surface area contributed by atoms with Gasteiger partial charge in [0.15, 0.2) is 0 Å². The van der Waals surface area contributed by atoms with Crippen LogP contribution < -0.4 is 10.2 Å². The van der Waals surface area contributed by atoms with Gasteiger partial charge in [0.05, 0.1) is 33.8 Å². The number of nitrogens with one attached hydrogen (secondary N) is 1. The summed E-state index contributed by atoms with van der Waals surface area (Å²) in [5, 5.41) is 2.98. The Labute approximate surface area is 495 Å². The van der Waals surface area contributed by atoms with E-state index in [0.717, 1.165) is 70.6 Å². The number of rotatable bonds is 61. The van der Waals surface area contributed by atoms with Crippen molar-refractivity contribution in [1.29, 1.82) is 0 Å². The molecular weight excluding hydrogens is 1010 g/mol. The van der Waals surface area contributed by atoms with Gasteiger partial charge in [0.25, 0.3) is 7.82 Å². The van der Waals surface area contributed by atoms with Gasteiger partial charge in [-0.2, -0.15) is 0 Å². The van der Waals surface area contributed by atoms with Gasteiger partial charge in [-0.1, -0.05) is 306 Å². The third-order valence-electron chi connectivity index (χ3n) is 14.9. The van der Waals surface area contributed by atoms with Gasteiger partial charge in [-0.15, -0.1) is 0 Å². The Morgan fingerprint density at radius 3 is 1.20 bits per heavy atom. The first-order chi connectivity index (χ1) is 38.9. The van der Waals surface area contributed by atoms with Gasteiger partial charge in [-0.05, 0) is 63.9 Å². The van der Waals surface area contributed by atoms with Crippen LogP contribution in [0.1, 0.15) is 310 Å². The average Bonchev–Trinajstić information content (AvgIpc) is 3.43. The van der Waals surface area contributed by atoms with Gasteiger partial charge in [0.1, 0.15) is 19.3 Å². The fourth-order valence-electron chi connectivity index (χ4n) is 9.75. The van der Waals surface area contributed by atoms with Gasteiger partial charge in [-0.3, -0.25) is 14.2 Å². The van der Waals surface area contributed by atoms with E-state index in [1.54, 1.807) is 0 Å². The van der Waals surface area contributed by atoms with Crippen LogP contribution in [0.3, 0.4) is 0 Å². The predicted molar refractivity (Wildman–Crippen MR) is 344 cm³/mol. The molecule has 0 saturated heterocycles. The molecule has 1 amide bonds. The van der Waals surface area contributed by atoms with E-state index in [1.807, 2.05) is 45.4 Å². The standard InChI is InChI=1S/C70H129N2O7P/c1-7-10-13-16-19-22-25-27-29-31-32-33-34-35-36-37-38-39-40-41-43-45-48-51-54-57-60-63-70(74)79-68(61-58-55-52-49-46-24-21-18-15-12-9-3)67(66-78-80(75,76)77-65-64-72(4,5)6)71-69(73)62-59-56-53-50-47-44-42-30-28-26-23-20-17-14-11-8-2/h11,14,20,23,28,30,44,47,53,56,58,61,67-68H,7-10,12-13,15-19,21-22,24-27,29,31-43,45-46,48-52,54-55,57,59-60,62-66H2,1-6H3,(H-,71,73,75,76)/b14-11+,23-20+,30-28+,47-44+,56-53+,61-58-. The maximum absolute atomic E-state index is 13.5. The summed E-state index contributed by atoms with van der Waals surface area (Å²) < 4.78 is 30.3. The van der Waals surface area contributed by atoms with E-state index in [9.17, 15) is 19.0 Å². The highest BCUT2D eigenvalue weighted by Crippen LogP contribution is 2.38. The summed E-state index contributed by atoms with van der Waals surface area (Å²) >= 11 is 0. The number of ether oxygens (including phenoxy) is 1. The summed E-state index contributed by atoms with van der Waals surface area (Å²) in [7, 11) is 1.14. The zero-order chi connectivity index (χ0) is 58.6. The van der Waals surface area contributed by atoms with Gasteiger partial charge in [0, 0.05) is 12.8 Å². The van der Waals surface area contributed by atoms with E-state index >= 15 is 0 Å². The topological polar surface area (TPSA) is 114 Å². The predicted octanol–water partition coefficient (Wildman–Crippen LogP) is 20.5. The molecule has 9 nitrogen and oxygen atoms in total. The Hall–Kier alpha value is -2.55. The van der Waals surface area contributed by atoms with Gasteiger partial charge < -0.3 is 28.5 Å². The normalized spacial score (nSPS) is 14.0. The van der Waals surface area contributed by atoms with E-state index in [0.29, 0.717) is 17.4 Å². The summed E-state index contributed by atoms with van der Waals surface area (Å²) in [6, 6.07) is -0.928. The number of allylic oxidation sites excluding steroid dienone is 11. The molecule has 0 aromatic carbocycles. The van der Waals surface area contributed by atoms with Crippen molar-refractivity contribution in [2.75, 3.05) is 40.9 Å². The number of unbranched alkanes of at least 4 members (excludes halogenated alkanes) is 35. The molecular formula is C70H129N2O7P. The lowest BCUT2D eigenvalue weighted by Gasteiger charge is -2.30. The summed E-state index contributed by atoms with van der Waals surface area (Å²) in [4.78, 5) is 40.0. The molecule has 0 aromatic rings. The molecule has 0 aliphatic carbocycles. The molecule has 0 saturated carbocycles. The van der Waals surface area contributed by atoms with Crippen molar-refractivity contribution in [3.63, 3.8) is 0 Å². The molecule has 466 valence electrons. The van der Waals surface area contributed by atoms with Crippen molar-refractivity contribution in [2.24, 2.45) is 0 Å². The van der Waals surface area contributed by atoms with Crippen LogP contribution in [0.15, 0.2) is 72.9 Å². The lowest BCUT2D eigenvalue weighted by atomic mass is 10.0. The summed E-state index contributed by atoms with van der Waals surface area (Å²) in [5.41, 5.74) is 0. The second-order valence-electron chi connectivity index (χ2n) is 24.0. The zero-order valence-corrected chi connectivity index (χ0v) is 54.2. The lowest BCUT2D eigenvalue weighted by Crippen LogP contribution is -2.47. The molecule has 1 N–H and O–H groups in total. The number of likely N-dealkylation sites (N-methyl/N-ethyl adjacent to an activating group) is 1. The van der Waals surface area contributed by atoms with E-state index in [2.05, 4.69) is 74.7 Å². The van der Waals surface area contributed by atoms with Crippen LogP contribution in [0.4, 0.5) is 0 Å². The van der Waals surface area contributed by atoms with E-state index in [-0.39, 0.29) is 31.3 Å². The minimum Gasteiger partial charge on any atom is -0.756 e. The summed E-state index contributed by atoms with van der Waals surface area (Å²) in [6.45, 7) is 6.69. The second-order valence-corrected chi connectivity index (χ2v) is 25.4. The maximum atomic E-state index is 13.5. The zero-order valence-electron chi connectivity index (χ0n) is 53.3. The first kappa shape index (κ1) is 77.5. The number of esters is 1. The molecule has 0 aliphatic rings. The van der Waals surface area contributed by atoms with Gasteiger partial charge in [0.2, 0.25) is 5.91 Å². The Balaban J connectivity index is 5.04. The van der Waals surface area contributed by atoms with Crippen LogP contribution in [-0.2, 0) is 27.9 Å². The van der Waals surface area contributed by atoms with Crippen molar-refractivity contribution >= 4 is 19.7 Å². The number of phosphoric ester groups is 1. The van der Waals surface area contributed by atoms with Crippen LogP contribution >= 0.6 is 7.82 Å². The number of hydrogen-bond acceptors (Lipinski definition) is 7. The fourth-order valence-corrected chi connectivity index (χ4v) is 10.5. The Morgan fingerprint density at radius 1 is 0.450 bits per heavy atom. The monoisotopic (exact) mass is 1140 g/mol. The largest absolute Gasteiger partial charge is 0.756 e. The van der Waals surface area contributed by atoms with Crippen molar-refractivity contribution in [1.82, 2.24) is 5.32 Å². The van der Waals surface area contributed by atoms with Crippen molar-refractivity contribution in [2.45, 2.75) is 322 Å². The third-order valence-corrected chi connectivity index (χ3v) is 15.9. The molecule has 0 fully saturated rings. The molecule has 0 radical (unpaired) electrons. The molecule has 3 atom stereocenters. The Morgan fingerprint density at radius 2 is 0.812 bits per heavy atom. The first-order valence-corrected chi connectivity index (χ1v) is 35.2.